The van der Waals surface area contributed by atoms with E-state index in [0.717, 1.165) is 61.4 Å². The molecule has 0 spiro atoms. The molecule has 2 aliphatic heterocycles. The number of nitrogens with zero attached hydrogens (tertiary/aromatic N) is 5. The highest BCUT2D eigenvalue weighted by atomic mass is 35.5. The zero-order valence-electron chi connectivity index (χ0n) is 16.7. The lowest BCUT2D eigenvalue weighted by molar-refractivity contribution is 0.387. The number of likely N-dealkylation sites (tertiary alicyclic amines) is 1. The number of hydrogen-bond acceptors (Lipinski definition) is 8. The quantitative estimate of drug-likeness (QED) is 0.438. The fraction of sp³-hybridized carbons (Fsp3) is 0.350. The third-order valence-electron chi connectivity index (χ3n) is 5.96. The molecule has 3 aromatic heterocycles. The Balaban J connectivity index is 0.00000116. The lowest BCUT2D eigenvalue weighted by atomic mass is 10.0. The standard InChI is InChI=1S/C20H20N6OS2.2ClH/c1-25-7-13-9-26(10-14(13)8-25)20-24-19-18(29-20)23-17(28-19)15-3-2-11(4-16(15)27)12-5-21-22-6-12;;/h2-6,13-14,27H,7-10H2,1H3,(H,21,22);2*1H/t13-,14+;;. The maximum atomic E-state index is 10.6. The van der Waals surface area contributed by atoms with Gasteiger partial charge in [-0.2, -0.15) is 5.10 Å². The van der Waals surface area contributed by atoms with E-state index >= 15 is 0 Å². The van der Waals surface area contributed by atoms with Crippen LogP contribution >= 0.6 is 47.5 Å². The van der Waals surface area contributed by atoms with Crippen molar-refractivity contribution in [2.24, 2.45) is 11.8 Å². The van der Waals surface area contributed by atoms with Crippen LogP contribution in [0.5, 0.6) is 5.75 Å². The van der Waals surface area contributed by atoms with Crippen LogP contribution in [0.4, 0.5) is 5.13 Å². The Morgan fingerprint density at radius 1 is 1.00 bits per heavy atom. The Morgan fingerprint density at radius 2 is 1.74 bits per heavy atom. The number of hydrogen-bond donors (Lipinski definition) is 2. The van der Waals surface area contributed by atoms with E-state index in [1.165, 1.54) is 13.1 Å². The normalized spacial score (nSPS) is 20.6. The Morgan fingerprint density at radius 3 is 2.39 bits per heavy atom. The summed E-state index contributed by atoms with van der Waals surface area (Å²) in [5.41, 5.74) is 2.61. The minimum Gasteiger partial charge on any atom is -0.507 e. The van der Waals surface area contributed by atoms with Gasteiger partial charge in [-0.3, -0.25) is 5.10 Å². The van der Waals surface area contributed by atoms with Gasteiger partial charge in [-0.15, -0.1) is 24.8 Å². The fourth-order valence-electron chi connectivity index (χ4n) is 4.57. The molecule has 4 aromatic rings. The van der Waals surface area contributed by atoms with Crippen LogP contribution < -0.4 is 4.90 Å². The molecule has 2 fully saturated rings. The first-order valence-electron chi connectivity index (χ1n) is 9.67. The van der Waals surface area contributed by atoms with Gasteiger partial charge in [0.1, 0.15) is 10.8 Å². The number of H-pyrrole nitrogens is 1. The summed E-state index contributed by atoms with van der Waals surface area (Å²) in [6.07, 6.45) is 3.55. The number of benzene rings is 1. The van der Waals surface area contributed by atoms with Gasteiger partial charge in [0.05, 0.1) is 11.8 Å². The van der Waals surface area contributed by atoms with Crippen LogP contribution in [0.2, 0.25) is 0 Å². The maximum Gasteiger partial charge on any atom is 0.188 e. The summed E-state index contributed by atoms with van der Waals surface area (Å²) in [5.74, 6) is 1.74. The van der Waals surface area contributed by atoms with E-state index in [4.69, 9.17) is 9.97 Å². The lowest BCUT2D eigenvalue weighted by Gasteiger charge is -2.17. The molecule has 164 valence electrons. The molecule has 2 saturated heterocycles. The van der Waals surface area contributed by atoms with Crippen LogP contribution in [-0.2, 0) is 0 Å². The summed E-state index contributed by atoms with van der Waals surface area (Å²) >= 11 is 3.21. The zero-order valence-corrected chi connectivity index (χ0v) is 20.0. The molecule has 0 unspecified atom stereocenters. The van der Waals surface area contributed by atoms with E-state index in [-0.39, 0.29) is 30.6 Å². The molecule has 0 bridgehead atoms. The van der Waals surface area contributed by atoms with Crippen LogP contribution in [0.3, 0.4) is 0 Å². The van der Waals surface area contributed by atoms with Gasteiger partial charge in [0.15, 0.2) is 14.8 Å². The predicted molar refractivity (Wildman–Crippen MR) is 131 cm³/mol. The van der Waals surface area contributed by atoms with Crippen LogP contribution in [0.15, 0.2) is 30.6 Å². The molecule has 1 aromatic carbocycles. The SMILES string of the molecule is CN1C[C@@H]2CN(c3nc4sc(-c5ccc(-c6cn[nH]c6)cc5O)nc4s3)C[C@@H]2C1.Cl.Cl. The van der Waals surface area contributed by atoms with Crippen molar-refractivity contribution < 1.29 is 5.11 Å². The van der Waals surface area contributed by atoms with Crippen molar-refractivity contribution in [3.05, 3.63) is 30.6 Å². The Kier molecular flexibility index (Phi) is 6.15. The van der Waals surface area contributed by atoms with Crippen LogP contribution in [0.25, 0.3) is 31.4 Å². The summed E-state index contributed by atoms with van der Waals surface area (Å²) in [5, 5.41) is 19.2. The number of fused-ring (bicyclic) bond motifs is 2. The maximum absolute atomic E-state index is 10.6. The smallest absolute Gasteiger partial charge is 0.188 e. The topological polar surface area (TPSA) is 81.2 Å². The molecule has 2 atom stereocenters. The molecule has 11 heteroatoms. The van der Waals surface area contributed by atoms with E-state index in [2.05, 4.69) is 27.0 Å². The van der Waals surface area contributed by atoms with Crippen molar-refractivity contribution in [1.29, 1.82) is 0 Å². The third-order valence-corrected chi connectivity index (χ3v) is 8.09. The zero-order chi connectivity index (χ0) is 19.5. The lowest BCUT2D eigenvalue weighted by Crippen LogP contribution is -2.26. The van der Waals surface area contributed by atoms with Gasteiger partial charge in [-0.1, -0.05) is 28.7 Å². The van der Waals surface area contributed by atoms with Gasteiger partial charge in [0.25, 0.3) is 0 Å². The Bertz CT molecular complexity index is 1150. The van der Waals surface area contributed by atoms with Gasteiger partial charge in [0, 0.05) is 37.9 Å². The number of phenols is 1. The largest absolute Gasteiger partial charge is 0.507 e. The number of aromatic amines is 1. The van der Waals surface area contributed by atoms with Crippen molar-refractivity contribution in [3.8, 4) is 27.4 Å². The van der Waals surface area contributed by atoms with Gasteiger partial charge >= 0.3 is 0 Å². The molecular weight excluding hydrogens is 475 g/mol. The fourth-order valence-corrected chi connectivity index (χ4v) is 6.66. The van der Waals surface area contributed by atoms with Gasteiger partial charge < -0.3 is 14.9 Å². The van der Waals surface area contributed by atoms with Crippen molar-refractivity contribution in [2.45, 2.75) is 0 Å². The average molecular weight is 497 g/mol. The highest BCUT2D eigenvalue weighted by Crippen LogP contribution is 2.42. The van der Waals surface area contributed by atoms with Crippen molar-refractivity contribution in [3.63, 3.8) is 0 Å². The highest BCUT2D eigenvalue weighted by molar-refractivity contribution is 7.29. The molecule has 6 rings (SSSR count). The second kappa shape index (κ2) is 8.55. The van der Waals surface area contributed by atoms with Gasteiger partial charge in [-0.05, 0) is 36.6 Å². The van der Waals surface area contributed by atoms with Crippen molar-refractivity contribution in [1.82, 2.24) is 25.1 Å². The van der Waals surface area contributed by atoms with Crippen molar-refractivity contribution in [2.75, 3.05) is 38.1 Å². The minimum absolute atomic E-state index is 0. The molecule has 0 radical (unpaired) electrons. The molecule has 2 aliphatic rings. The van der Waals surface area contributed by atoms with Crippen molar-refractivity contribution >= 4 is 62.3 Å². The molecule has 0 aliphatic carbocycles. The van der Waals surface area contributed by atoms with Crippen LogP contribution in [-0.4, -0.2) is 63.4 Å². The number of thiazole rings is 2. The number of nitrogens with one attached hydrogen (secondary N) is 1. The van der Waals surface area contributed by atoms with E-state index in [1.54, 1.807) is 34.9 Å². The number of rotatable bonds is 3. The van der Waals surface area contributed by atoms with E-state index < -0.39 is 0 Å². The van der Waals surface area contributed by atoms with Gasteiger partial charge in [-0.25, -0.2) is 9.97 Å². The Labute approximate surface area is 200 Å². The monoisotopic (exact) mass is 496 g/mol. The first kappa shape index (κ1) is 22.3. The number of phenolic OH excluding ortho intramolecular Hbond substituents is 1. The van der Waals surface area contributed by atoms with E-state index in [1.807, 2.05) is 18.3 Å². The summed E-state index contributed by atoms with van der Waals surface area (Å²) in [4.78, 5) is 16.4. The minimum atomic E-state index is 0. The van der Waals surface area contributed by atoms with Crippen LogP contribution in [0, 0.1) is 11.8 Å². The predicted octanol–water partition coefficient (Wildman–Crippen LogP) is 4.36. The summed E-state index contributed by atoms with van der Waals surface area (Å²) in [6, 6.07) is 5.65. The first-order valence-corrected chi connectivity index (χ1v) is 11.3. The van der Waals surface area contributed by atoms with E-state index in [0.29, 0.717) is 0 Å². The average Bonchev–Trinajstić information content (AvgIpc) is 3.46. The summed E-state index contributed by atoms with van der Waals surface area (Å²) in [6.45, 7) is 4.58. The summed E-state index contributed by atoms with van der Waals surface area (Å²) < 4.78 is 0. The second-order valence-corrected chi connectivity index (χ2v) is 9.92. The highest BCUT2D eigenvalue weighted by Gasteiger charge is 2.39. The molecule has 2 N–H and O–H groups in total. The first-order chi connectivity index (χ1) is 14.1. The molecule has 31 heavy (non-hydrogen) atoms. The third kappa shape index (κ3) is 3.89. The number of halogens is 2. The number of aromatic nitrogens is 4. The number of anilines is 1. The Hall–Kier alpha value is -1.91. The molecule has 0 amide bonds. The molecule has 0 saturated carbocycles. The molecule has 7 nitrogen and oxygen atoms in total. The molecular formula is C20H22Cl2N6OS2. The summed E-state index contributed by atoms with van der Waals surface area (Å²) in [7, 11) is 2.21. The van der Waals surface area contributed by atoms with Crippen LogP contribution in [0.1, 0.15) is 0 Å². The molecule has 5 heterocycles. The van der Waals surface area contributed by atoms with E-state index in [9.17, 15) is 5.11 Å². The van der Waals surface area contributed by atoms with Gasteiger partial charge in [0.2, 0.25) is 0 Å². The second-order valence-electron chi connectivity index (χ2n) is 7.99. The number of aromatic hydroxyl groups is 1.